The molecule has 0 spiro atoms. The Balaban J connectivity index is 2.31. The topological polar surface area (TPSA) is 48.1 Å². The Morgan fingerprint density at radius 1 is 1.22 bits per heavy atom. The van der Waals surface area contributed by atoms with Gasteiger partial charge >= 0.3 is 0 Å². The third-order valence-electron chi connectivity index (χ3n) is 2.40. The molecule has 0 bridgehead atoms. The number of halogens is 2. The van der Waals surface area contributed by atoms with Crippen LogP contribution < -0.4 is 10.5 Å². The first kappa shape index (κ1) is 12.4. The van der Waals surface area contributed by atoms with Gasteiger partial charge in [0, 0.05) is 23.9 Å². The SMILES string of the molecule is C[C@@H](N)c1cccnc1Oc1ccc(F)c(F)c1. The van der Waals surface area contributed by atoms with Crippen LogP contribution in [-0.2, 0) is 0 Å². The Kier molecular flexibility index (Phi) is 3.53. The van der Waals surface area contributed by atoms with Gasteiger partial charge in [0.2, 0.25) is 5.88 Å². The van der Waals surface area contributed by atoms with E-state index in [9.17, 15) is 8.78 Å². The second kappa shape index (κ2) is 5.10. The molecule has 0 radical (unpaired) electrons. The van der Waals surface area contributed by atoms with Gasteiger partial charge in [-0.1, -0.05) is 6.07 Å². The summed E-state index contributed by atoms with van der Waals surface area (Å²) in [5.74, 6) is -1.42. The highest BCUT2D eigenvalue weighted by molar-refractivity contribution is 5.34. The second-order valence-electron chi connectivity index (χ2n) is 3.86. The third-order valence-corrected chi connectivity index (χ3v) is 2.40. The van der Waals surface area contributed by atoms with Crippen LogP contribution in [0.3, 0.4) is 0 Å². The van der Waals surface area contributed by atoms with E-state index in [2.05, 4.69) is 4.98 Å². The molecule has 5 heteroatoms. The average molecular weight is 250 g/mol. The van der Waals surface area contributed by atoms with Gasteiger partial charge in [0.1, 0.15) is 5.75 Å². The number of nitrogens with zero attached hydrogens (tertiary/aromatic N) is 1. The molecule has 0 saturated heterocycles. The third kappa shape index (κ3) is 2.62. The lowest BCUT2D eigenvalue weighted by Gasteiger charge is -2.12. The molecule has 0 aliphatic carbocycles. The highest BCUT2D eigenvalue weighted by atomic mass is 19.2. The van der Waals surface area contributed by atoms with Gasteiger partial charge in [-0.3, -0.25) is 0 Å². The van der Waals surface area contributed by atoms with Crippen molar-refractivity contribution < 1.29 is 13.5 Å². The Morgan fingerprint density at radius 2 is 2.00 bits per heavy atom. The zero-order valence-electron chi connectivity index (χ0n) is 9.73. The molecule has 0 amide bonds. The van der Waals surface area contributed by atoms with E-state index in [1.165, 1.54) is 6.07 Å². The highest BCUT2D eigenvalue weighted by Crippen LogP contribution is 2.27. The minimum Gasteiger partial charge on any atom is -0.439 e. The standard InChI is InChI=1S/C13H12F2N2O/c1-8(16)10-3-2-6-17-13(10)18-9-4-5-11(14)12(15)7-9/h2-8H,16H2,1H3/t8-/m1/s1. The van der Waals surface area contributed by atoms with Crippen molar-refractivity contribution in [3.63, 3.8) is 0 Å². The monoisotopic (exact) mass is 250 g/mol. The molecule has 1 aromatic carbocycles. The maximum Gasteiger partial charge on any atom is 0.223 e. The minimum absolute atomic E-state index is 0.175. The minimum atomic E-state index is -0.967. The first-order valence-corrected chi connectivity index (χ1v) is 5.41. The lowest BCUT2D eigenvalue weighted by Crippen LogP contribution is -2.07. The molecule has 0 fully saturated rings. The van der Waals surface area contributed by atoms with E-state index in [1.54, 1.807) is 25.3 Å². The first-order chi connectivity index (χ1) is 8.58. The van der Waals surface area contributed by atoms with Gasteiger partial charge in [-0.25, -0.2) is 13.8 Å². The zero-order chi connectivity index (χ0) is 13.1. The van der Waals surface area contributed by atoms with Crippen molar-refractivity contribution in [2.45, 2.75) is 13.0 Å². The Morgan fingerprint density at radius 3 is 2.67 bits per heavy atom. The Bertz CT molecular complexity index is 558. The number of hydrogen-bond acceptors (Lipinski definition) is 3. The molecular weight excluding hydrogens is 238 g/mol. The fourth-order valence-electron chi connectivity index (χ4n) is 1.49. The molecule has 3 nitrogen and oxygen atoms in total. The van der Waals surface area contributed by atoms with E-state index < -0.39 is 11.6 Å². The van der Waals surface area contributed by atoms with E-state index in [1.807, 2.05) is 0 Å². The second-order valence-corrected chi connectivity index (χ2v) is 3.86. The molecule has 2 aromatic rings. The van der Waals surface area contributed by atoms with Crippen LogP contribution in [0.5, 0.6) is 11.6 Å². The summed E-state index contributed by atoms with van der Waals surface area (Å²) in [6.45, 7) is 1.79. The summed E-state index contributed by atoms with van der Waals surface area (Å²) in [5, 5.41) is 0. The molecule has 2 N–H and O–H groups in total. The van der Waals surface area contributed by atoms with Crippen LogP contribution in [0.4, 0.5) is 8.78 Å². The van der Waals surface area contributed by atoms with Gasteiger partial charge in [-0.15, -0.1) is 0 Å². The van der Waals surface area contributed by atoms with Crippen LogP contribution in [0.1, 0.15) is 18.5 Å². The molecule has 0 unspecified atom stereocenters. The van der Waals surface area contributed by atoms with Gasteiger partial charge in [0.05, 0.1) is 0 Å². The van der Waals surface area contributed by atoms with E-state index in [-0.39, 0.29) is 11.8 Å². The maximum absolute atomic E-state index is 13.0. The lowest BCUT2D eigenvalue weighted by molar-refractivity contribution is 0.439. The summed E-state index contributed by atoms with van der Waals surface area (Å²) < 4.78 is 31.2. The largest absolute Gasteiger partial charge is 0.439 e. The van der Waals surface area contributed by atoms with Crippen LogP contribution in [0.2, 0.25) is 0 Å². The lowest BCUT2D eigenvalue weighted by atomic mass is 10.1. The van der Waals surface area contributed by atoms with Crippen LogP contribution in [0, 0.1) is 11.6 Å². The smallest absolute Gasteiger partial charge is 0.223 e. The quantitative estimate of drug-likeness (QED) is 0.910. The summed E-state index contributed by atoms with van der Waals surface area (Å²) in [5.41, 5.74) is 6.46. The van der Waals surface area contributed by atoms with Gasteiger partial charge < -0.3 is 10.5 Å². The number of benzene rings is 1. The molecule has 18 heavy (non-hydrogen) atoms. The number of hydrogen-bond donors (Lipinski definition) is 1. The van der Waals surface area contributed by atoms with Gasteiger partial charge in [-0.2, -0.15) is 0 Å². The van der Waals surface area contributed by atoms with Crippen molar-refractivity contribution in [1.29, 1.82) is 0 Å². The van der Waals surface area contributed by atoms with Crippen molar-refractivity contribution >= 4 is 0 Å². The Hall–Kier alpha value is -2.01. The number of ether oxygens (including phenoxy) is 1. The van der Waals surface area contributed by atoms with E-state index in [0.717, 1.165) is 12.1 Å². The van der Waals surface area contributed by atoms with Gasteiger partial charge in [0.25, 0.3) is 0 Å². The van der Waals surface area contributed by atoms with Crippen molar-refractivity contribution in [3.05, 3.63) is 53.7 Å². The predicted octanol–water partition coefficient (Wildman–Crippen LogP) is 3.17. The molecule has 1 aromatic heterocycles. The number of pyridine rings is 1. The van der Waals surface area contributed by atoms with Crippen molar-refractivity contribution in [2.24, 2.45) is 5.73 Å². The predicted molar refractivity (Wildman–Crippen MR) is 63.3 cm³/mol. The Labute approximate surface area is 103 Å². The van der Waals surface area contributed by atoms with Crippen LogP contribution in [-0.4, -0.2) is 4.98 Å². The summed E-state index contributed by atoms with van der Waals surface area (Å²) in [4.78, 5) is 4.03. The van der Waals surface area contributed by atoms with Crippen LogP contribution >= 0.6 is 0 Å². The molecule has 2 rings (SSSR count). The average Bonchev–Trinajstić information content (AvgIpc) is 2.34. The fourth-order valence-corrected chi connectivity index (χ4v) is 1.49. The number of nitrogens with two attached hydrogens (primary N) is 1. The normalized spacial score (nSPS) is 12.2. The highest BCUT2D eigenvalue weighted by Gasteiger charge is 2.11. The number of aromatic nitrogens is 1. The van der Waals surface area contributed by atoms with Crippen molar-refractivity contribution in [1.82, 2.24) is 4.98 Å². The molecule has 94 valence electrons. The van der Waals surface area contributed by atoms with E-state index >= 15 is 0 Å². The molecule has 0 saturated carbocycles. The fraction of sp³-hybridized carbons (Fsp3) is 0.154. The molecule has 1 heterocycles. The molecule has 1 atom stereocenters. The zero-order valence-corrected chi connectivity index (χ0v) is 9.73. The van der Waals surface area contributed by atoms with E-state index in [4.69, 9.17) is 10.5 Å². The summed E-state index contributed by atoms with van der Waals surface area (Å²) in [6.07, 6.45) is 1.54. The maximum atomic E-state index is 13.0. The van der Waals surface area contributed by atoms with Crippen molar-refractivity contribution in [2.75, 3.05) is 0 Å². The summed E-state index contributed by atoms with van der Waals surface area (Å²) in [7, 11) is 0. The molecule has 0 aliphatic heterocycles. The summed E-state index contributed by atoms with van der Waals surface area (Å²) >= 11 is 0. The van der Waals surface area contributed by atoms with Crippen LogP contribution in [0.25, 0.3) is 0 Å². The van der Waals surface area contributed by atoms with E-state index in [0.29, 0.717) is 11.4 Å². The van der Waals surface area contributed by atoms with Crippen molar-refractivity contribution in [3.8, 4) is 11.6 Å². The molecule has 0 aliphatic rings. The van der Waals surface area contributed by atoms with Crippen LogP contribution in [0.15, 0.2) is 36.5 Å². The first-order valence-electron chi connectivity index (χ1n) is 5.41. The van der Waals surface area contributed by atoms with Gasteiger partial charge in [-0.05, 0) is 25.1 Å². The number of rotatable bonds is 3. The summed E-state index contributed by atoms with van der Waals surface area (Å²) in [6, 6.07) is 6.54. The molecular formula is C13H12F2N2O. The van der Waals surface area contributed by atoms with Gasteiger partial charge in [0.15, 0.2) is 11.6 Å².